The number of carbonyl (C=O) groups excluding carboxylic acids is 1. The second-order valence-corrected chi connectivity index (χ2v) is 10.6. The molecule has 1 heterocycles. The molecule has 176 valence electrons. The first kappa shape index (κ1) is 25.9. The number of amides is 1. The van der Waals surface area contributed by atoms with Crippen LogP contribution in [-0.4, -0.2) is 33.8 Å². The molecule has 1 unspecified atom stereocenters. The van der Waals surface area contributed by atoms with Gasteiger partial charge in [-0.05, 0) is 64.3 Å². The van der Waals surface area contributed by atoms with Crippen LogP contribution < -0.4 is 10.1 Å². The van der Waals surface area contributed by atoms with Crippen LogP contribution in [0.15, 0.2) is 30.5 Å². The Morgan fingerprint density at radius 1 is 1.12 bits per heavy atom. The van der Waals surface area contributed by atoms with Crippen LogP contribution >= 0.6 is 11.6 Å². The Balaban J connectivity index is 2.16. The number of aromatic nitrogens is 2. The first-order valence-corrected chi connectivity index (χ1v) is 11.4. The van der Waals surface area contributed by atoms with Crippen LogP contribution in [0.2, 0.25) is 5.02 Å². The molecular weight excluding hydrogens is 426 g/mol. The van der Waals surface area contributed by atoms with E-state index in [0.29, 0.717) is 16.7 Å². The van der Waals surface area contributed by atoms with Gasteiger partial charge in [-0.2, -0.15) is 0 Å². The molecule has 2 aromatic rings. The van der Waals surface area contributed by atoms with Crippen molar-refractivity contribution in [2.24, 2.45) is 5.92 Å². The van der Waals surface area contributed by atoms with E-state index in [1.807, 2.05) is 52.0 Å². The third-order valence-electron chi connectivity index (χ3n) is 4.63. The molecule has 1 N–H and O–H groups in total. The maximum absolute atomic E-state index is 12.4. The second kappa shape index (κ2) is 10.5. The van der Waals surface area contributed by atoms with E-state index < -0.39 is 17.2 Å². The van der Waals surface area contributed by atoms with Crippen molar-refractivity contribution in [3.63, 3.8) is 0 Å². The number of alkyl carbamates (subject to hydrolysis) is 1. The van der Waals surface area contributed by atoms with Crippen molar-refractivity contribution in [2.45, 2.75) is 78.9 Å². The Morgan fingerprint density at radius 2 is 1.81 bits per heavy atom. The quantitative estimate of drug-likeness (QED) is 0.477. The van der Waals surface area contributed by atoms with Crippen molar-refractivity contribution in [1.29, 1.82) is 0 Å². The lowest BCUT2D eigenvalue weighted by molar-refractivity contribution is 0.0408. The normalized spacial score (nSPS) is 13.7. The van der Waals surface area contributed by atoms with E-state index in [9.17, 15) is 4.79 Å². The van der Waals surface area contributed by atoms with Gasteiger partial charge in [0.05, 0.1) is 16.3 Å². The summed E-state index contributed by atoms with van der Waals surface area (Å²) in [5.41, 5.74) is 0.521. The molecule has 1 aromatic heterocycles. The molecule has 32 heavy (non-hydrogen) atoms. The molecule has 0 aliphatic heterocycles. The van der Waals surface area contributed by atoms with Gasteiger partial charge in [0.1, 0.15) is 23.8 Å². The smallest absolute Gasteiger partial charge is 0.408 e. The van der Waals surface area contributed by atoms with Crippen molar-refractivity contribution >= 4 is 17.7 Å². The number of halogens is 1. The maximum Gasteiger partial charge on any atom is 0.408 e. The van der Waals surface area contributed by atoms with Crippen LogP contribution in [0.1, 0.15) is 73.6 Å². The van der Waals surface area contributed by atoms with Crippen LogP contribution in [-0.2, 0) is 4.74 Å². The zero-order valence-electron chi connectivity index (χ0n) is 20.5. The summed E-state index contributed by atoms with van der Waals surface area (Å²) >= 11 is 6.53. The molecule has 1 amide bonds. The van der Waals surface area contributed by atoms with Crippen LogP contribution in [0, 0.1) is 5.92 Å². The highest BCUT2D eigenvalue weighted by molar-refractivity contribution is 6.32. The van der Waals surface area contributed by atoms with Gasteiger partial charge in [0.25, 0.3) is 0 Å². The molecule has 2 rings (SSSR count). The van der Waals surface area contributed by atoms with Crippen LogP contribution in [0.5, 0.6) is 5.75 Å². The first-order valence-electron chi connectivity index (χ1n) is 11.0. The zero-order chi connectivity index (χ0) is 24.1. The van der Waals surface area contributed by atoms with Gasteiger partial charge in [-0.25, -0.2) is 14.8 Å². The second-order valence-electron chi connectivity index (χ2n) is 10.2. The highest BCUT2D eigenvalue weighted by Gasteiger charge is 2.31. The fourth-order valence-electron chi connectivity index (χ4n) is 3.42. The molecule has 6 nitrogen and oxygen atoms in total. The summed E-state index contributed by atoms with van der Waals surface area (Å²) in [6.07, 6.45) is 2.02. The molecule has 7 heteroatoms. The van der Waals surface area contributed by atoms with Gasteiger partial charge >= 0.3 is 6.09 Å². The summed E-state index contributed by atoms with van der Waals surface area (Å²) < 4.78 is 11.5. The molecule has 0 saturated heterocycles. The Hall–Kier alpha value is -2.34. The van der Waals surface area contributed by atoms with Crippen molar-refractivity contribution < 1.29 is 14.3 Å². The van der Waals surface area contributed by atoms with E-state index in [2.05, 4.69) is 43.0 Å². The lowest BCUT2D eigenvalue weighted by Gasteiger charge is -2.33. The minimum Gasteiger partial charge on any atom is -0.490 e. The fourth-order valence-corrected chi connectivity index (χ4v) is 3.66. The lowest BCUT2D eigenvalue weighted by atomic mass is 9.91. The topological polar surface area (TPSA) is 73.3 Å². The third kappa shape index (κ3) is 7.97. The molecule has 0 spiro atoms. The van der Waals surface area contributed by atoms with Gasteiger partial charge in [-0.15, -0.1) is 0 Å². The first-order chi connectivity index (χ1) is 14.8. The van der Waals surface area contributed by atoms with Gasteiger partial charge in [-0.3, -0.25) is 0 Å². The van der Waals surface area contributed by atoms with E-state index in [1.165, 1.54) is 0 Å². The summed E-state index contributed by atoms with van der Waals surface area (Å²) in [5.74, 6) is 1.93. The fraction of sp³-hybridized carbons (Fsp3) is 0.560. The van der Waals surface area contributed by atoms with E-state index in [4.69, 9.17) is 21.1 Å². The molecule has 0 radical (unpaired) electrons. The molecule has 0 saturated carbocycles. The van der Waals surface area contributed by atoms with Gasteiger partial charge in [0.15, 0.2) is 0 Å². The van der Waals surface area contributed by atoms with Crippen molar-refractivity contribution in [1.82, 2.24) is 15.3 Å². The minimum absolute atomic E-state index is 0.240. The van der Waals surface area contributed by atoms with Gasteiger partial charge < -0.3 is 14.8 Å². The van der Waals surface area contributed by atoms with Crippen LogP contribution in [0.25, 0.3) is 11.3 Å². The Kier molecular flexibility index (Phi) is 8.52. The predicted molar refractivity (Wildman–Crippen MR) is 129 cm³/mol. The number of hydrogen-bond acceptors (Lipinski definition) is 5. The summed E-state index contributed by atoms with van der Waals surface area (Å²) in [6.45, 7) is 16.0. The van der Waals surface area contributed by atoms with Crippen LogP contribution in [0.4, 0.5) is 4.79 Å². The van der Waals surface area contributed by atoms with Crippen molar-refractivity contribution in [2.75, 3.05) is 6.61 Å². The third-order valence-corrected chi connectivity index (χ3v) is 4.92. The Bertz CT molecular complexity index is 925. The molecule has 0 bridgehead atoms. The summed E-state index contributed by atoms with van der Waals surface area (Å²) in [4.78, 5) is 21.3. The number of nitrogens with one attached hydrogen (secondary N) is 1. The van der Waals surface area contributed by atoms with Crippen molar-refractivity contribution in [3.05, 3.63) is 41.3 Å². The average Bonchev–Trinajstić information content (AvgIpc) is 2.64. The predicted octanol–water partition coefficient (Wildman–Crippen LogP) is 6.63. The van der Waals surface area contributed by atoms with E-state index in [-0.39, 0.29) is 12.5 Å². The summed E-state index contributed by atoms with van der Waals surface area (Å²) in [6, 6.07) is 7.46. The number of nitrogens with zero attached hydrogens (tertiary/aromatic N) is 2. The molecule has 0 aliphatic rings. The monoisotopic (exact) mass is 461 g/mol. The zero-order valence-corrected chi connectivity index (χ0v) is 21.2. The number of benzene rings is 1. The number of hydrogen-bond donors (Lipinski definition) is 1. The van der Waals surface area contributed by atoms with E-state index in [0.717, 1.165) is 23.5 Å². The van der Waals surface area contributed by atoms with Gasteiger partial charge in [0, 0.05) is 17.7 Å². The molecule has 1 atom stereocenters. The minimum atomic E-state index is -0.614. The van der Waals surface area contributed by atoms with E-state index >= 15 is 0 Å². The highest BCUT2D eigenvalue weighted by atomic mass is 35.5. The summed E-state index contributed by atoms with van der Waals surface area (Å²) in [5, 5.41) is 3.46. The van der Waals surface area contributed by atoms with E-state index in [1.54, 1.807) is 6.20 Å². The number of rotatable bonds is 8. The SMILES string of the molecule is CC(C)CC(C)(COc1ccc(-c2ccnc(C(C)C)n2)cc1Cl)NC(=O)OC(C)(C)C. The molecular formula is C25H36ClN3O3. The standard InChI is InChI=1S/C25H36ClN3O3/c1-16(2)14-25(8,29-23(30)32-24(5,6)7)15-31-21-10-9-18(13-19(21)26)20-11-12-27-22(28-20)17(3)4/h9-13,16-17H,14-15H2,1-8H3,(H,29,30). The molecule has 1 aromatic carbocycles. The Labute approximate surface area is 197 Å². The maximum atomic E-state index is 12.4. The van der Waals surface area contributed by atoms with Gasteiger partial charge in [0.2, 0.25) is 0 Å². The van der Waals surface area contributed by atoms with Crippen molar-refractivity contribution in [3.8, 4) is 17.0 Å². The summed E-state index contributed by atoms with van der Waals surface area (Å²) in [7, 11) is 0. The van der Waals surface area contributed by atoms with Crippen LogP contribution in [0.3, 0.4) is 0 Å². The largest absolute Gasteiger partial charge is 0.490 e. The Morgan fingerprint density at radius 3 is 2.38 bits per heavy atom. The molecule has 0 aliphatic carbocycles. The average molecular weight is 462 g/mol. The molecule has 0 fully saturated rings. The highest BCUT2D eigenvalue weighted by Crippen LogP contribution is 2.31. The number of ether oxygens (including phenoxy) is 2. The van der Waals surface area contributed by atoms with Gasteiger partial charge in [-0.1, -0.05) is 39.3 Å². The lowest BCUT2D eigenvalue weighted by Crippen LogP contribution is -2.52. The number of carbonyl (C=O) groups is 1.